The molecule has 0 fully saturated rings. The van der Waals surface area contributed by atoms with E-state index in [2.05, 4.69) is 71.9 Å². The first kappa shape index (κ1) is 14.7. The average Bonchev–Trinajstić information content (AvgIpc) is 2.35. The molecule has 1 aromatic rings. The number of nitrogens with zero attached hydrogens (tertiary/aromatic N) is 1. The Labute approximate surface area is 114 Å². The minimum Gasteiger partial charge on any atom is -0.300 e. The Hall–Kier alpha value is -0.340. The lowest BCUT2D eigenvalue weighted by molar-refractivity contribution is 0.212. The van der Waals surface area contributed by atoms with Gasteiger partial charge in [0.05, 0.1) is 0 Å². The van der Waals surface area contributed by atoms with Gasteiger partial charge in [-0.2, -0.15) is 0 Å². The Morgan fingerprint density at radius 3 is 2.29 bits per heavy atom. The van der Waals surface area contributed by atoms with E-state index in [0.29, 0.717) is 12.0 Å². The molecule has 0 aliphatic carbocycles. The van der Waals surface area contributed by atoms with Gasteiger partial charge >= 0.3 is 0 Å². The van der Waals surface area contributed by atoms with Crippen LogP contribution in [0, 0.1) is 0 Å². The minimum atomic E-state index is 0.588. The highest BCUT2D eigenvalue weighted by Gasteiger charge is 2.16. The van der Waals surface area contributed by atoms with Gasteiger partial charge in [-0.05, 0) is 32.4 Å². The zero-order chi connectivity index (χ0) is 12.7. The first-order valence-electron chi connectivity index (χ1n) is 6.54. The zero-order valence-electron chi connectivity index (χ0n) is 11.2. The summed E-state index contributed by atoms with van der Waals surface area (Å²) in [6, 6.07) is 11.4. The fraction of sp³-hybridized carbons (Fsp3) is 0.600. The second-order valence-electron chi connectivity index (χ2n) is 4.85. The van der Waals surface area contributed by atoms with E-state index in [9.17, 15) is 0 Å². The van der Waals surface area contributed by atoms with Gasteiger partial charge < -0.3 is 4.90 Å². The molecule has 0 heterocycles. The summed E-state index contributed by atoms with van der Waals surface area (Å²) in [7, 11) is 0. The van der Waals surface area contributed by atoms with Crippen LogP contribution in [0.25, 0.3) is 0 Å². The van der Waals surface area contributed by atoms with Crippen molar-refractivity contribution < 1.29 is 0 Å². The topological polar surface area (TPSA) is 3.24 Å². The molecular weight excluding hydrogens is 274 g/mol. The van der Waals surface area contributed by atoms with Crippen LogP contribution in [0.5, 0.6) is 0 Å². The number of alkyl halides is 1. The Morgan fingerprint density at radius 2 is 1.82 bits per heavy atom. The van der Waals surface area contributed by atoms with Gasteiger partial charge in [0.15, 0.2) is 0 Å². The van der Waals surface area contributed by atoms with Crippen molar-refractivity contribution in [1.82, 2.24) is 4.90 Å². The maximum absolute atomic E-state index is 3.65. The van der Waals surface area contributed by atoms with Crippen LogP contribution in [0.4, 0.5) is 0 Å². The molecule has 1 nitrogen and oxygen atoms in total. The summed E-state index contributed by atoms with van der Waals surface area (Å²) in [6.45, 7) is 9.15. The van der Waals surface area contributed by atoms with Crippen LogP contribution >= 0.6 is 15.9 Å². The van der Waals surface area contributed by atoms with Crippen molar-refractivity contribution in [3.05, 3.63) is 35.9 Å². The molecule has 1 unspecified atom stereocenters. The van der Waals surface area contributed by atoms with E-state index in [4.69, 9.17) is 0 Å². The van der Waals surface area contributed by atoms with Gasteiger partial charge in [-0.15, -0.1) is 0 Å². The third kappa shape index (κ3) is 4.81. The molecule has 0 bridgehead atoms. The van der Waals surface area contributed by atoms with Gasteiger partial charge in [0.25, 0.3) is 0 Å². The van der Waals surface area contributed by atoms with Crippen molar-refractivity contribution in [2.24, 2.45) is 0 Å². The van der Waals surface area contributed by atoms with E-state index in [1.807, 2.05) is 0 Å². The molecule has 0 saturated carbocycles. The molecule has 17 heavy (non-hydrogen) atoms. The molecule has 0 aliphatic rings. The van der Waals surface area contributed by atoms with Crippen molar-refractivity contribution in [1.29, 1.82) is 0 Å². The van der Waals surface area contributed by atoms with Gasteiger partial charge in [0.1, 0.15) is 0 Å². The summed E-state index contributed by atoms with van der Waals surface area (Å²) >= 11 is 3.65. The summed E-state index contributed by atoms with van der Waals surface area (Å²) in [6.07, 6.45) is 1.22. The molecule has 0 aliphatic heterocycles. The summed E-state index contributed by atoms with van der Waals surface area (Å²) in [4.78, 5) is 2.57. The van der Waals surface area contributed by atoms with Crippen LogP contribution < -0.4 is 0 Å². The highest BCUT2D eigenvalue weighted by molar-refractivity contribution is 9.09. The molecule has 1 rings (SSSR count). The molecule has 0 spiro atoms. The number of hydrogen-bond acceptors (Lipinski definition) is 1. The second-order valence-corrected chi connectivity index (χ2v) is 5.50. The predicted molar refractivity (Wildman–Crippen MR) is 80.0 cm³/mol. The maximum atomic E-state index is 3.65. The van der Waals surface area contributed by atoms with E-state index in [-0.39, 0.29) is 0 Å². The molecule has 0 N–H and O–H groups in total. The van der Waals surface area contributed by atoms with Crippen LogP contribution in [-0.4, -0.2) is 29.4 Å². The van der Waals surface area contributed by atoms with Crippen molar-refractivity contribution in [2.45, 2.75) is 39.2 Å². The van der Waals surface area contributed by atoms with Crippen LogP contribution in [0.15, 0.2) is 30.3 Å². The highest BCUT2D eigenvalue weighted by Crippen LogP contribution is 2.20. The zero-order valence-corrected chi connectivity index (χ0v) is 12.8. The lowest BCUT2D eigenvalue weighted by Crippen LogP contribution is -2.35. The molecule has 1 aromatic carbocycles. The fourth-order valence-corrected chi connectivity index (χ4v) is 2.68. The number of rotatable bonds is 7. The molecule has 1 atom stereocenters. The summed E-state index contributed by atoms with van der Waals surface area (Å²) in [5.41, 5.74) is 1.44. The van der Waals surface area contributed by atoms with E-state index < -0.39 is 0 Å². The Morgan fingerprint density at radius 1 is 1.18 bits per heavy atom. The van der Waals surface area contributed by atoms with E-state index in [1.165, 1.54) is 18.5 Å². The Bertz CT molecular complexity index is 297. The van der Waals surface area contributed by atoms with Gasteiger partial charge in [-0.3, -0.25) is 0 Å². The number of hydrogen-bond donors (Lipinski definition) is 0. The number of benzene rings is 1. The van der Waals surface area contributed by atoms with Crippen molar-refractivity contribution in [3.8, 4) is 0 Å². The molecule has 2 heteroatoms. The van der Waals surface area contributed by atoms with Crippen molar-refractivity contribution >= 4 is 15.9 Å². The van der Waals surface area contributed by atoms with Gasteiger partial charge in [0.2, 0.25) is 0 Å². The van der Waals surface area contributed by atoms with Crippen LogP contribution in [0.2, 0.25) is 0 Å². The smallest absolute Gasteiger partial charge is 0.0112 e. The molecule has 0 amide bonds. The van der Waals surface area contributed by atoms with Crippen molar-refractivity contribution in [3.63, 3.8) is 0 Å². The average molecular weight is 298 g/mol. The third-order valence-electron chi connectivity index (χ3n) is 3.15. The summed E-state index contributed by atoms with van der Waals surface area (Å²) < 4.78 is 0. The molecule has 0 aromatic heterocycles. The Kier molecular flexibility index (Phi) is 6.83. The first-order valence-corrected chi connectivity index (χ1v) is 7.66. The fourth-order valence-electron chi connectivity index (χ4n) is 2.10. The number of halogens is 1. The molecule has 0 saturated heterocycles. The van der Waals surface area contributed by atoms with E-state index in [0.717, 1.165) is 11.9 Å². The summed E-state index contributed by atoms with van der Waals surface area (Å²) in [5.74, 6) is 0.588. The van der Waals surface area contributed by atoms with E-state index >= 15 is 0 Å². The molecule has 96 valence electrons. The standard InChI is InChI=1S/C15H24BrN/c1-4-10-17(13(2)3)12-15(11-16)14-8-6-5-7-9-14/h5-9,13,15H,4,10-12H2,1-3H3. The third-order valence-corrected chi connectivity index (χ3v) is 3.93. The van der Waals surface area contributed by atoms with Gasteiger partial charge in [-0.1, -0.05) is 53.2 Å². The lowest BCUT2D eigenvalue weighted by Gasteiger charge is -2.30. The van der Waals surface area contributed by atoms with Gasteiger partial charge in [-0.25, -0.2) is 0 Å². The predicted octanol–water partition coefficient (Wildman–Crippen LogP) is 4.29. The van der Waals surface area contributed by atoms with Gasteiger partial charge in [0, 0.05) is 23.8 Å². The highest BCUT2D eigenvalue weighted by atomic mass is 79.9. The van der Waals surface area contributed by atoms with Crippen LogP contribution in [0.1, 0.15) is 38.7 Å². The molecular formula is C15H24BrN. The largest absolute Gasteiger partial charge is 0.300 e. The normalized spacial score (nSPS) is 13.3. The Balaban J connectivity index is 2.68. The maximum Gasteiger partial charge on any atom is 0.0112 e. The monoisotopic (exact) mass is 297 g/mol. The van der Waals surface area contributed by atoms with Crippen LogP contribution in [0.3, 0.4) is 0 Å². The first-order chi connectivity index (χ1) is 8.19. The lowest BCUT2D eigenvalue weighted by atomic mass is 10.00. The second kappa shape index (κ2) is 7.88. The molecule has 0 radical (unpaired) electrons. The van der Waals surface area contributed by atoms with Crippen molar-refractivity contribution in [2.75, 3.05) is 18.4 Å². The minimum absolute atomic E-state index is 0.588. The SMILES string of the molecule is CCCN(CC(CBr)c1ccccc1)C(C)C. The quantitative estimate of drug-likeness (QED) is 0.679. The van der Waals surface area contributed by atoms with Crippen LogP contribution in [-0.2, 0) is 0 Å². The summed E-state index contributed by atoms with van der Waals surface area (Å²) in [5, 5.41) is 1.03. The van der Waals surface area contributed by atoms with E-state index in [1.54, 1.807) is 0 Å².